The summed E-state index contributed by atoms with van der Waals surface area (Å²) in [5, 5.41) is 26.8. The van der Waals surface area contributed by atoms with E-state index in [0.717, 1.165) is 12.8 Å². The molecule has 2 heterocycles. The molecule has 1 fully saturated rings. The van der Waals surface area contributed by atoms with Gasteiger partial charge in [-0.05, 0) is 26.7 Å². The molecule has 0 aliphatic carbocycles. The van der Waals surface area contributed by atoms with E-state index >= 15 is 0 Å². The topological polar surface area (TPSA) is 129 Å². The summed E-state index contributed by atoms with van der Waals surface area (Å²) in [7, 11) is 0. The van der Waals surface area contributed by atoms with Gasteiger partial charge in [0.25, 0.3) is 0 Å². The molecule has 1 aliphatic rings. The molecule has 1 aliphatic heterocycles. The van der Waals surface area contributed by atoms with E-state index in [-0.39, 0.29) is 36.2 Å². The van der Waals surface area contributed by atoms with Gasteiger partial charge in [-0.1, -0.05) is 6.92 Å². The Hall–Kier alpha value is -2.36. The van der Waals surface area contributed by atoms with Crippen molar-refractivity contribution in [3.05, 3.63) is 15.8 Å². The van der Waals surface area contributed by atoms with Gasteiger partial charge in [-0.15, -0.1) is 5.10 Å². The van der Waals surface area contributed by atoms with E-state index in [1.165, 1.54) is 0 Å². The smallest absolute Gasteiger partial charge is 0.404 e. The van der Waals surface area contributed by atoms with E-state index in [1.807, 2.05) is 0 Å². The number of carboxylic acid groups (broad SMARTS) is 1. The zero-order chi connectivity index (χ0) is 18.6. The molecule has 0 aromatic carbocycles. The quantitative estimate of drug-likeness (QED) is 0.565. The largest absolute Gasteiger partial charge is 0.471 e. The first kappa shape index (κ1) is 19.0. The molecule has 0 radical (unpaired) electrons. The minimum atomic E-state index is -1.12. The Kier molecular flexibility index (Phi) is 6.18. The number of nitrogens with one attached hydrogen (secondary N) is 1. The van der Waals surface area contributed by atoms with Crippen LogP contribution in [0.15, 0.2) is 0 Å². The highest BCUT2D eigenvalue weighted by molar-refractivity contribution is 5.64. The molecular formula is C15H24N4O6. The van der Waals surface area contributed by atoms with Gasteiger partial charge in [0.1, 0.15) is 5.69 Å². The number of nitrogens with zero attached hydrogens (tertiary/aromatic N) is 3. The van der Waals surface area contributed by atoms with Crippen LogP contribution < -0.4 is 10.1 Å². The summed E-state index contributed by atoms with van der Waals surface area (Å²) in [6, 6.07) is -0.301. The Morgan fingerprint density at radius 1 is 1.52 bits per heavy atom. The van der Waals surface area contributed by atoms with E-state index in [2.05, 4.69) is 10.4 Å². The van der Waals surface area contributed by atoms with Crippen LogP contribution in [0, 0.1) is 23.0 Å². The molecule has 2 rings (SSSR count). The van der Waals surface area contributed by atoms with Crippen molar-refractivity contribution in [2.45, 2.75) is 45.7 Å². The lowest BCUT2D eigenvalue weighted by Crippen LogP contribution is -2.38. The van der Waals surface area contributed by atoms with Crippen LogP contribution in [0.2, 0.25) is 0 Å². The van der Waals surface area contributed by atoms with Gasteiger partial charge in [-0.25, -0.2) is 4.79 Å². The number of aromatic nitrogens is 2. The monoisotopic (exact) mass is 356 g/mol. The number of nitro groups is 1. The van der Waals surface area contributed by atoms with E-state index in [4.69, 9.17) is 14.6 Å². The zero-order valence-electron chi connectivity index (χ0n) is 14.6. The lowest BCUT2D eigenvalue weighted by Gasteiger charge is -2.23. The zero-order valence-corrected chi connectivity index (χ0v) is 14.6. The number of ether oxygens (including phenoxy) is 2. The van der Waals surface area contributed by atoms with Gasteiger partial charge < -0.3 is 19.9 Å². The highest BCUT2D eigenvalue weighted by Crippen LogP contribution is 2.34. The van der Waals surface area contributed by atoms with E-state index in [9.17, 15) is 14.9 Å². The van der Waals surface area contributed by atoms with Gasteiger partial charge in [0.05, 0.1) is 17.6 Å². The van der Waals surface area contributed by atoms with Gasteiger partial charge in [-0.3, -0.25) is 14.8 Å². The van der Waals surface area contributed by atoms with Crippen LogP contribution in [0.25, 0.3) is 0 Å². The number of carbonyl (C=O) groups is 1. The van der Waals surface area contributed by atoms with Crippen molar-refractivity contribution in [3.8, 4) is 5.88 Å². The molecule has 2 unspecified atom stereocenters. The molecule has 1 aromatic rings. The minimum absolute atomic E-state index is 0.0247. The van der Waals surface area contributed by atoms with Crippen molar-refractivity contribution in [2.24, 2.45) is 5.92 Å². The maximum Gasteiger partial charge on any atom is 0.404 e. The first-order valence-electron chi connectivity index (χ1n) is 8.24. The van der Waals surface area contributed by atoms with Crippen molar-refractivity contribution in [1.82, 2.24) is 15.1 Å². The third-order valence-electron chi connectivity index (χ3n) is 4.49. The molecule has 1 aromatic heterocycles. The number of hydrogen-bond donors (Lipinski definition) is 2. The van der Waals surface area contributed by atoms with Crippen molar-refractivity contribution >= 4 is 11.8 Å². The van der Waals surface area contributed by atoms with Gasteiger partial charge in [0.2, 0.25) is 0 Å². The number of rotatable bonds is 7. The predicted octanol–water partition coefficient (Wildman–Crippen LogP) is 2.12. The normalized spacial score (nSPS) is 17.7. The molecule has 2 N–H and O–H groups in total. The van der Waals surface area contributed by atoms with Crippen molar-refractivity contribution in [2.75, 3.05) is 19.8 Å². The van der Waals surface area contributed by atoms with Crippen molar-refractivity contribution in [1.29, 1.82) is 0 Å². The molecule has 140 valence electrons. The first-order chi connectivity index (χ1) is 11.8. The van der Waals surface area contributed by atoms with Crippen LogP contribution in [-0.4, -0.2) is 51.8 Å². The van der Waals surface area contributed by atoms with Gasteiger partial charge in [0, 0.05) is 25.2 Å². The average Bonchev–Trinajstić information content (AvgIpc) is 2.89. The highest BCUT2D eigenvalue weighted by atomic mass is 16.6. The van der Waals surface area contributed by atoms with Crippen LogP contribution in [0.4, 0.5) is 10.5 Å². The summed E-state index contributed by atoms with van der Waals surface area (Å²) in [5.74, 6) is -0.201. The maximum atomic E-state index is 11.4. The van der Waals surface area contributed by atoms with Gasteiger partial charge in [-0.2, -0.15) is 0 Å². The first-order valence-corrected chi connectivity index (χ1v) is 8.24. The highest BCUT2D eigenvalue weighted by Gasteiger charge is 2.31. The third-order valence-corrected chi connectivity index (χ3v) is 4.49. The van der Waals surface area contributed by atoms with E-state index < -0.39 is 11.0 Å². The van der Waals surface area contributed by atoms with Crippen LogP contribution >= 0.6 is 0 Å². The third kappa shape index (κ3) is 4.59. The Labute approximate surface area is 145 Å². The number of amides is 1. The fourth-order valence-corrected chi connectivity index (χ4v) is 2.77. The summed E-state index contributed by atoms with van der Waals surface area (Å²) >= 11 is 0. The molecule has 0 bridgehead atoms. The second-order valence-electron chi connectivity index (χ2n) is 6.31. The molecule has 25 heavy (non-hydrogen) atoms. The lowest BCUT2D eigenvalue weighted by molar-refractivity contribution is -0.386. The molecule has 0 saturated carbocycles. The Morgan fingerprint density at radius 2 is 2.16 bits per heavy atom. The van der Waals surface area contributed by atoms with Crippen LogP contribution in [0.1, 0.15) is 38.4 Å². The van der Waals surface area contributed by atoms with E-state index in [0.29, 0.717) is 18.9 Å². The van der Waals surface area contributed by atoms with Crippen LogP contribution in [0.3, 0.4) is 0 Å². The number of hydrogen-bond acceptors (Lipinski definition) is 6. The van der Waals surface area contributed by atoms with Crippen molar-refractivity contribution < 1.29 is 24.3 Å². The second-order valence-corrected chi connectivity index (χ2v) is 6.31. The van der Waals surface area contributed by atoms with Gasteiger partial charge >= 0.3 is 17.7 Å². The Morgan fingerprint density at radius 3 is 2.72 bits per heavy atom. The van der Waals surface area contributed by atoms with Crippen molar-refractivity contribution in [3.63, 3.8) is 0 Å². The summed E-state index contributed by atoms with van der Waals surface area (Å²) < 4.78 is 12.6. The second kappa shape index (κ2) is 8.15. The van der Waals surface area contributed by atoms with Gasteiger partial charge in [0.15, 0.2) is 0 Å². The molecule has 10 heteroatoms. The SMILES string of the molecule is Cc1c([N+](=O)[O-])c(OCC(C)C(C)NC(=O)O)nn1C1CCOCC1. The average molecular weight is 356 g/mol. The molecule has 2 atom stereocenters. The predicted molar refractivity (Wildman–Crippen MR) is 88.0 cm³/mol. The molecular weight excluding hydrogens is 332 g/mol. The fraction of sp³-hybridized carbons (Fsp3) is 0.733. The summed E-state index contributed by atoms with van der Waals surface area (Å²) in [5.41, 5.74) is 0.314. The summed E-state index contributed by atoms with van der Waals surface area (Å²) in [4.78, 5) is 21.6. The lowest BCUT2D eigenvalue weighted by atomic mass is 10.1. The fourth-order valence-electron chi connectivity index (χ4n) is 2.77. The molecule has 1 amide bonds. The summed E-state index contributed by atoms with van der Waals surface area (Å²) in [6.45, 7) is 6.49. The van der Waals surface area contributed by atoms with Crippen LogP contribution in [0.5, 0.6) is 5.88 Å². The molecule has 10 nitrogen and oxygen atoms in total. The standard InChI is InChI=1S/C15H24N4O6/c1-9(10(2)16-15(20)21)8-25-14-13(19(22)23)11(3)18(17-14)12-4-6-24-7-5-12/h9-10,12,16H,4-8H2,1-3H3,(H,20,21). The van der Waals surface area contributed by atoms with Crippen LogP contribution in [-0.2, 0) is 4.74 Å². The maximum absolute atomic E-state index is 11.4. The van der Waals surface area contributed by atoms with E-state index in [1.54, 1.807) is 25.5 Å². The Balaban J connectivity index is 2.13. The minimum Gasteiger partial charge on any atom is -0.471 e. The summed E-state index contributed by atoms with van der Waals surface area (Å²) in [6.07, 6.45) is 0.370. The Bertz CT molecular complexity index is 626. The molecule has 1 saturated heterocycles. The molecule has 0 spiro atoms.